The summed E-state index contributed by atoms with van der Waals surface area (Å²) in [7, 11) is 0. The lowest BCUT2D eigenvalue weighted by molar-refractivity contribution is 0.293. The Balaban J connectivity index is 1.68. The van der Waals surface area contributed by atoms with Gasteiger partial charge in [0, 0.05) is 24.9 Å². The number of halogens is 1. The Hall–Kier alpha value is -0.960. The van der Waals surface area contributed by atoms with Gasteiger partial charge in [-0.2, -0.15) is 0 Å². The molecule has 1 saturated carbocycles. The monoisotopic (exact) mass is 337 g/mol. The molecule has 1 aromatic heterocycles. The highest BCUT2D eigenvalue weighted by Crippen LogP contribution is 2.26. The molecule has 1 heterocycles. The van der Waals surface area contributed by atoms with E-state index in [0.717, 1.165) is 23.3 Å². The maximum Gasteiger partial charge on any atom is 0.142 e. The molecule has 108 valence electrons. The van der Waals surface area contributed by atoms with E-state index < -0.39 is 0 Å². The minimum atomic E-state index is -0.0237. The van der Waals surface area contributed by atoms with Crippen molar-refractivity contribution in [2.45, 2.75) is 44.7 Å². The number of aliphatic hydroxyl groups excluding tert-OH is 1. The molecule has 2 rings (SSSR count). The molecule has 0 amide bonds. The van der Waals surface area contributed by atoms with Crippen LogP contribution in [0.5, 0.6) is 0 Å². The molecule has 5 heteroatoms. The van der Waals surface area contributed by atoms with Gasteiger partial charge >= 0.3 is 0 Å². The van der Waals surface area contributed by atoms with Crippen LogP contribution in [0.1, 0.15) is 37.9 Å². The van der Waals surface area contributed by atoms with Crippen LogP contribution in [0, 0.1) is 17.8 Å². The van der Waals surface area contributed by atoms with E-state index >= 15 is 0 Å². The summed E-state index contributed by atoms with van der Waals surface area (Å²) in [5.41, 5.74) is 0. The molecule has 1 fully saturated rings. The number of hydrogen-bond donors (Lipinski definition) is 2. The van der Waals surface area contributed by atoms with E-state index in [1.54, 1.807) is 12.4 Å². The van der Waals surface area contributed by atoms with E-state index in [9.17, 15) is 0 Å². The van der Waals surface area contributed by atoms with Crippen LogP contribution in [0.15, 0.2) is 16.9 Å². The van der Waals surface area contributed by atoms with Gasteiger partial charge in [-0.15, -0.1) is 5.92 Å². The number of nitrogens with one attached hydrogen (secondary N) is 1. The summed E-state index contributed by atoms with van der Waals surface area (Å²) in [5.74, 6) is 7.29. The second-order valence-corrected chi connectivity index (χ2v) is 6.05. The normalized spacial score (nSPS) is 22.1. The molecule has 1 aromatic rings. The van der Waals surface area contributed by atoms with Gasteiger partial charge in [-0.1, -0.05) is 5.92 Å². The molecule has 0 atom stereocenters. The van der Waals surface area contributed by atoms with Crippen molar-refractivity contribution in [2.75, 3.05) is 6.61 Å². The Morgan fingerprint density at radius 2 is 1.90 bits per heavy atom. The molecule has 4 nitrogen and oxygen atoms in total. The van der Waals surface area contributed by atoms with Crippen molar-refractivity contribution >= 4 is 15.9 Å². The number of hydrogen-bond acceptors (Lipinski definition) is 4. The Kier molecular flexibility index (Phi) is 6.44. The van der Waals surface area contributed by atoms with E-state index in [-0.39, 0.29) is 6.61 Å². The topological polar surface area (TPSA) is 58.0 Å². The van der Waals surface area contributed by atoms with Gasteiger partial charge in [-0.05, 0) is 47.5 Å². The number of aliphatic hydroxyl groups is 1. The highest BCUT2D eigenvalue weighted by atomic mass is 79.9. The fraction of sp³-hybridized carbons (Fsp3) is 0.600. The average molecular weight is 338 g/mol. The average Bonchev–Trinajstić information content (AvgIpc) is 2.48. The van der Waals surface area contributed by atoms with Crippen LogP contribution in [0.2, 0.25) is 0 Å². The Labute approximate surface area is 128 Å². The van der Waals surface area contributed by atoms with Crippen molar-refractivity contribution in [1.82, 2.24) is 15.3 Å². The third-order valence-corrected chi connectivity index (χ3v) is 4.07. The molecule has 0 radical (unpaired) electrons. The van der Waals surface area contributed by atoms with Crippen molar-refractivity contribution in [3.05, 3.63) is 22.7 Å². The minimum Gasteiger partial charge on any atom is -0.384 e. The summed E-state index contributed by atoms with van der Waals surface area (Å²) >= 11 is 3.33. The summed E-state index contributed by atoms with van der Waals surface area (Å²) in [6, 6.07) is 0.560. The highest BCUT2D eigenvalue weighted by molar-refractivity contribution is 9.10. The van der Waals surface area contributed by atoms with Gasteiger partial charge in [0.1, 0.15) is 12.4 Å². The standard InChI is InChI=1S/C15H20BrN3O/c16-13-9-18-15(19-10-13)11-17-14-6-4-12(5-7-14)3-1-2-8-20/h9-10,12,14,17,20H,3-8,11H2. The van der Waals surface area contributed by atoms with Gasteiger partial charge in [-0.3, -0.25) is 0 Å². The third kappa shape index (κ3) is 5.20. The fourth-order valence-electron chi connectivity index (χ4n) is 2.51. The van der Waals surface area contributed by atoms with E-state index in [1.807, 2.05) is 0 Å². The van der Waals surface area contributed by atoms with E-state index in [4.69, 9.17) is 5.11 Å². The van der Waals surface area contributed by atoms with Crippen molar-refractivity contribution < 1.29 is 5.11 Å². The Morgan fingerprint density at radius 1 is 1.20 bits per heavy atom. The number of rotatable bonds is 4. The summed E-state index contributed by atoms with van der Waals surface area (Å²) in [6.07, 6.45) is 9.26. The van der Waals surface area contributed by atoms with E-state index in [2.05, 4.69) is 43.1 Å². The Morgan fingerprint density at radius 3 is 2.55 bits per heavy atom. The van der Waals surface area contributed by atoms with Gasteiger partial charge in [0.25, 0.3) is 0 Å². The molecule has 0 spiro atoms. The maximum atomic E-state index is 8.63. The van der Waals surface area contributed by atoms with Gasteiger partial charge in [0.15, 0.2) is 0 Å². The zero-order valence-corrected chi connectivity index (χ0v) is 13.1. The summed E-state index contributed by atoms with van der Waals surface area (Å²) in [5, 5.41) is 12.2. The fourth-order valence-corrected chi connectivity index (χ4v) is 2.71. The van der Waals surface area contributed by atoms with Gasteiger partial charge in [0.05, 0.1) is 11.0 Å². The first-order chi connectivity index (χ1) is 9.78. The van der Waals surface area contributed by atoms with Gasteiger partial charge in [-0.25, -0.2) is 9.97 Å². The predicted molar refractivity (Wildman–Crippen MR) is 81.8 cm³/mol. The minimum absolute atomic E-state index is 0.0237. The molecule has 0 bridgehead atoms. The quantitative estimate of drug-likeness (QED) is 0.827. The van der Waals surface area contributed by atoms with Crippen LogP contribution in [-0.4, -0.2) is 27.7 Å². The summed E-state index contributed by atoms with van der Waals surface area (Å²) in [6.45, 7) is 0.705. The van der Waals surface area contributed by atoms with Crippen molar-refractivity contribution in [3.63, 3.8) is 0 Å². The SMILES string of the molecule is OCC#CCC1CCC(NCc2ncc(Br)cn2)CC1. The van der Waals surface area contributed by atoms with Crippen LogP contribution in [0.25, 0.3) is 0 Å². The number of aromatic nitrogens is 2. The first-order valence-electron chi connectivity index (χ1n) is 7.04. The lowest BCUT2D eigenvalue weighted by atomic mass is 9.84. The second-order valence-electron chi connectivity index (χ2n) is 5.13. The van der Waals surface area contributed by atoms with E-state index in [0.29, 0.717) is 12.0 Å². The molecule has 2 N–H and O–H groups in total. The van der Waals surface area contributed by atoms with Gasteiger partial charge in [0.2, 0.25) is 0 Å². The van der Waals surface area contributed by atoms with Crippen molar-refractivity contribution in [3.8, 4) is 11.8 Å². The molecular weight excluding hydrogens is 318 g/mol. The zero-order valence-electron chi connectivity index (χ0n) is 11.5. The molecule has 0 unspecified atom stereocenters. The molecule has 20 heavy (non-hydrogen) atoms. The maximum absolute atomic E-state index is 8.63. The first-order valence-corrected chi connectivity index (χ1v) is 7.83. The molecule has 1 aliphatic rings. The van der Waals surface area contributed by atoms with E-state index in [1.165, 1.54) is 25.7 Å². The van der Waals surface area contributed by atoms with Crippen molar-refractivity contribution in [1.29, 1.82) is 0 Å². The first kappa shape index (κ1) is 15.4. The highest BCUT2D eigenvalue weighted by Gasteiger charge is 2.20. The molecular formula is C15H20BrN3O. The third-order valence-electron chi connectivity index (χ3n) is 3.66. The smallest absolute Gasteiger partial charge is 0.142 e. The largest absolute Gasteiger partial charge is 0.384 e. The summed E-state index contributed by atoms with van der Waals surface area (Å²) in [4.78, 5) is 8.53. The number of nitrogens with zero attached hydrogens (tertiary/aromatic N) is 2. The van der Waals surface area contributed by atoms with Crippen LogP contribution in [-0.2, 0) is 6.54 Å². The molecule has 0 aliphatic heterocycles. The van der Waals surface area contributed by atoms with Crippen LogP contribution >= 0.6 is 15.9 Å². The molecule has 0 aromatic carbocycles. The van der Waals surface area contributed by atoms with Crippen LogP contribution in [0.3, 0.4) is 0 Å². The zero-order chi connectivity index (χ0) is 14.2. The van der Waals surface area contributed by atoms with Crippen LogP contribution < -0.4 is 5.32 Å². The lowest BCUT2D eigenvalue weighted by Crippen LogP contribution is -2.33. The molecule has 0 saturated heterocycles. The lowest BCUT2D eigenvalue weighted by Gasteiger charge is -2.28. The summed E-state index contributed by atoms with van der Waals surface area (Å²) < 4.78 is 0.908. The second kappa shape index (κ2) is 8.35. The van der Waals surface area contributed by atoms with Crippen molar-refractivity contribution in [2.24, 2.45) is 5.92 Å². The van der Waals surface area contributed by atoms with Crippen LogP contribution in [0.4, 0.5) is 0 Å². The van der Waals surface area contributed by atoms with Gasteiger partial charge < -0.3 is 10.4 Å². The predicted octanol–water partition coefficient (Wildman–Crippen LogP) is 2.27. The molecule has 1 aliphatic carbocycles. The Bertz CT molecular complexity index is 458.